The molecule has 1 aliphatic carbocycles. The molecule has 0 aromatic carbocycles. The van der Waals surface area contributed by atoms with Crippen LogP contribution < -0.4 is 5.73 Å². The summed E-state index contributed by atoms with van der Waals surface area (Å²) in [6, 6.07) is 0. The van der Waals surface area contributed by atoms with E-state index >= 15 is 0 Å². The predicted octanol–water partition coefficient (Wildman–Crippen LogP) is 1.87. The Morgan fingerprint density at radius 1 is 1.56 bits per heavy atom. The van der Waals surface area contributed by atoms with Gasteiger partial charge in [0.1, 0.15) is 5.83 Å². The summed E-state index contributed by atoms with van der Waals surface area (Å²) >= 11 is 0. The zero-order valence-electron chi connectivity index (χ0n) is 5.28. The van der Waals surface area contributed by atoms with Crippen molar-refractivity contribution in [2.45, 2.75) is 19.3 Å². The summed E-state index contributed by atoms with van der Waals surface area (Å²) in [5.74, 6) is -0.0671. The van der Waals surface area contributed by atoms with Crippen LogP contribution in [-0.2, 0) is 0 Å². The van der Waals surface area contributed by atoms with E-state index in [4.69, 9.17) is 5.73 Å². The summed E-state index contributed by atoms with van der Waals surface area (Å²) in [6.45, 7) is 3.47. The molecule has 2 N–H and O–H groups in total. The molecule has 1 rings (SSSR count). The van der Waals surface area contributed by atoms with Crippen molar-refractivity contribution >= 4 is 0 Å². The molecule has 1 aliphatic rings. The smallest absolute Gasteiger partial charge is 0.105 e. The third-order valence-electron chi connectivity index (χ3n) is 1.54. The van der Waals surface area contributed by atoms with Gasteiger partial charge in [-0.2, -0.15) is 0 Å². The van der Waals surface area contributed by atoms with Gasteiger partial charge in [-0.3, -0.25) is 0 Å². The van der Waals surface area contributed by atoms with Gasteiger partial charge < -0.3 is 5.73 Å². The maximum absolute atomic E-state index is 12.6. The van der Waals surface area contributed by atoms with Gasteiger partial charge in [0.15, 0.2) is 0 Å². The molecule has 0 amide bonds. The normalized spacial score (nSPS) is 18.8. The molecule has 2 heteroatoms. The number of allylic oxidation sites excluding steroid dienone is 2. The SMILES string of the molecule is C=C(N)C1=C(F)CCC1. The van der Waals surface area contributed by atoms with Crippen LogP contribution >= 0.6 is 0 Å². The number of rotatable bonds is 1. The summed E-state index contributed by atoms with van der Waals surface area (Å²) in [5, 5.41) is 0. The molecule has 0 fully saturated rings. The average molecular weight is 127 g/mol. The zero-order valence-corrected chi connectivity index (χ0v) is 5.28. The lowest BCUT2D eigenvalue weighted by Crippen LogP contribution is -1.97. The summed E-state index contributed by atoms with van der Waals surface area (Å²) in [7, 11) is 0. The van der Waals surface area contributed by atoms with Crippen LogP contribution in [0.4, 0.5) is 4.39 Å². The van der Waals surface area contributed by atoms with Crippen molar-refractivity contribution in [1.82, 2.24) is 0 Å². The van der Waals surface area contributed by atoms with Gasteiger partial charge in [-0.1, -0.05) is 6.58 Å². The second-order valence-corrected chi connectivity index (χ2v) is 2.26. The van der Waals surface area contributed by atoms with Gasteiger partial charge in [-0.15, -0.1) is 0 Å². The second kappa shape index (κ2) is 2.21. The van der Waals surface area contributed by atoms with E-state index < -0.39 is 0 Å². The Hall–Kier alpha value is -0.790. The van der Waals surface area contributed by atoms with E-state index in [9.17, 15) is 4.39 Å². The highest BCUT2D eigenvalue weighted by molar-refractivity contribution is 5.30. The molecule has 0 atom stereocenters. The highest BCUT2D eigenvalue weighted by Gasteiger charge is 2.14. The molecule has 50 valence electrons. The quantitative estimate of drug-likeness (QED) is 0.571. The van der Waals surface area contributed by atoms with Crippen molar-refractivity contribution in [2.75, 3.05) is 0 Å². The molecule has 0 aliphatic heterocycles. The summed E-state index contributed by atoms with van der Waals surface area (Å²) < 4.78 is 12.6. The Kier molecular flexibility index (Phi) is 1.56. The first-order valence-electron chi connectivity index (χ1n) is 3.04. The molecule has 9 heavy (non-hydrogen) atoms. The van der Waals surface area contributed by atoms with Crippen molar-refractivity contribution in [2.24, 2.45) is 5.73 Å². The molecular formula is C7H10FN. The third kappa shape index (κ3) is 1.12. The molecular weight excluding hydrogens is 117 g/mol. The first-order chi connectivity index (χ1) is 4.22. The molecule has 0 bridgehead atoms. The first kappa shape index (κ1) is 6.33. The fraction of sp³-hybridized carbons (Fsp3) is 0.429. The minimum Gasteiger partial charge on any atom is -0.399 e. The average Bonchev–Trinajstić information content (AvgIpc) is 2.13. The molecule has 0 unspecified atom stereocenters. The van der Waals surface area contributed by atoms with E-state index in [1.807, 2.05) is 0 Å². The summed E-state index contributed by atoms with van der Waals surface area (Å²) in [5.41, 5.74) is 6.32. The minimum atomic E-state index is -0.0671. The number of nitrogens with two attached hydrogens (primary N) is 1. The van der Waals surface area contributed by atoms with Crippen LogP contribution in [0, 0.1) is 0 Å². The van der Waals surface area contributed by atoms with Gasteiger partial charge in [0.2, 0.25) is 0 Å². The van der Waals surface area contributed by atoms with Crippen molar-refractivity contribution in [3.8, 4) is 0 Å². The fourth-order valence-electron chi connectivity index (χ4n) is 1.04. The van der Waals surface area contributed by atoms with Crippen LogP contribution in [0.25, 0.3) is 0 Å². The predicted molar refractivity (Wildman–Crippen MR) is 35.3 cm³/mol. The van der Waals surface area contributed by atoms with Gasteiger partial charge in [-0.25, -0.2) is 4.39 Å². The van der Waals surface area contributed by atoms with Crippen LogP contribution in [0.3, 0.4) is 0 Å². The Labute approximate surface area is 54.0 Å². The summed E-state index contributed by atoms with van der Waals surface area (Å²) in [6.07, 6.45) is 2.20. The van der Waals surface area contributed by atoms with Crippen molar-refractivity contribution in [3.05, 3.63) is 23.7 Å². The topological polar surface area (TPSA) is 26.0 Å². The molecule has 0 aromatic rings. The zero-order chi connectivity index (χ0) is 6.85. The summed E-state index contributed by atoms with van der Waals surface area (Å²) in [4.78, 5) is 0. The van der Waals surface area contributed by atoms with Gasteiger partial charge in [0, 0.05) is 11.3 Å². The third-order valence-corrected chi connectivity index (χ3v) is 1.54. The number of hydrogen-bond donors (Lipinski definition) is 1. The van der Waals surface area contributed by atoms with E-state index in [1.165, 1.54) is 0 Å². The van der Waals surface area contributed by atoms with E-state index in [0.717, 1.165) is 12.8 Å². The van der Waals surface area contributed by atoms with Crippen LogP contribution in [0.5, 0.6) is 0 Å². The van der Waals surface area contributed by atoms with Crippen molar-refractivity contribution in [1.29, 1.82) is 0 Å². The van der Waals surface area contributed by atoms with Gasteiger partial charge in [0.05, 0.1) is 0 Å². The Morgan fingerprint density at radius 2 is 2.22 bits per heavy atom. The Bertz CT molecular complexity index is 170. The lowest BCUT2D eigenvalue weighted by atomic mass is 10.2. The monoisotopic (exact) mass is 127 g/mol. The van der Waals surface area contributed by atoms with Crippen LogP contribution in [0.2, 0.25) is 0 Å². The highest BCUT2D eigenvalue weighted by atomic mass is 19.1. The molecule has 0 spiro atoms. The van der Waals surface area contributed by atoms with E-state index in [0.29, 0.717) is 17.7 Å². The lowest BCUT2D eigenvalue weighted by Gasteiger charge is -1.96. The van der Waals surface area contributed by atoms with Crippen molar-refractivity contribution < 1.29 is 4.39 Å². The van der Waals surface area contributed by atoms with E-state index in [2.05, 4.69) is 6.58 Å². The maximum atomic E-state index is 12.6. The van der Waals surface area contributed by atoms with Gasteiger partial charge in [0.25, 0.3) is 0 Å². The second-order valence-electron chi connectivity index (χ2n) is 2.26. The lowest BCUT2D eigenvalue weighted by molar-refractivity contribution is 0.601. The largest absolute Gasteiger partial charge is 0.399 e. The standard InChI is InChI=1S/C7H10FN/c1-5(9)6-3-2-4-7(6)8/h1-4,9H2. The molecule has 1 nitrogen and oxygen atoms in total. The van der Waals surface area contributed by atoms with Crippen LogP contribution in [0.1, 0.15) is 19.3 Å². The highest BCUT2D eigenvalue weighted by Crippen LogP contribution is 2.28. The molecule has 0 radical (unpaired) electrons. The van der Waals surface area contributed by atoms with Gasteiger partial charge in [-0.05, 0) is 19.3 Å². The number of hydrogen-bond acceptors (Lipinski definition) is 1. The van der Waals surface area contributed by atoms with E-state index in [1.54, 1.807) is 0 Å². The number of halogens is 1. The van der Waals surface area contributed by atoms with Gasteiger partial charge >= 0.3 is 0 Å². The van der Waals surface area contributed by atoms with Crippen LogP contribution in [0.15, 0.2) is 23.7 Å². The molecule has 0 aromatic heterocycles. The molecule has 0 heterocycles. The Morgan fingerprint density at radius 3 is 2.44 bits per heavy atom. The Balaban J connectivity index is 2.78. The molecule has 0 saturated carbocycles. The molecule has 0 saturated heterocycles. The van der Waals surface area contributed by atoms with E-state index in [-0.39, 0.29) is 5.83 Å². The minimum absolute atomic E-state index is 0.0671. The van der Waals surface area contributed by atoms with Crippen LogP contribution in [-0.4, -0.2) is 0 Å². The fourth-order valence-corrected chi connectivity index (χ4v) is 1.04. The maximum Gasteiger partial charge on any atom is 0.105 e. The van der Waals surface area contributed by atoms with Crippen molar-refractivity contribution in [3.63, 3.8) is 0 Å². The first-order valence-corrected chi connectivity index (χ1v) is 3.04.